The number of benzene rings is 1. The first kappa shape index (κ1) is 19.8. The van der Waals surface area contributed by atoms with E-state index in [0.717, 1.165) is 31.2 Å². The second kappa shape index (κ2) is 7.72. The van der Waals surface area contributed by atoms with E-state index in [1.807, 2.05) is 13.0 Å². The zero-order valence-electron chi connectivity index (χ0n) is 16.6. The van der Waals surface area contributed by atoms with Crippen LogP contribution in [0, 0.1) is 12.8 Å². The molecule has 29 heavy (non-hydrogen) atoms. The van der Waals surface area contributed by atoms with Crippen LogP contribution in [-0.4, -0.2) is 29.1 Å². The molecule has 0 radical (unpaired) electrons. The average Bonchev–Trinajstić information content (AvgIpc) is 3.60. The number of halogens is 2. The number of nitrogens with one attached hydrogen (secondary N) is 1. The normalized spacial score (nSPS) is 18.5. The van der Waals surface area contributed by atoms with Gasteiger partial charge < -0.3 is 14.6 Å². The third-order valence-corrected chi connectivity index (χ3v) is 5.46. The number of nitrogens with zero attached hydrogens (tertiary/aromatic N) is 2. The average molecular weight is 405 g/mol. The summed E-state index contributed by atoms with van der Waals surface area (Å²) in [5, 5.41) is 7.06. The van der Waals surface area contributed by atoms with E-state index in [0.29, 0.717) is 41.3 Å². The van der Waals surface area contributed by atoms with E-state index in [4.69, 9.17) is 9.26 Å². The number of hydrogen-bond acceptors (Lipinski definition) is 5. The van der Waals surface area contributed by atoms with Crippen LogP contribution in [0.4, 0.5) is 8.78 Å². The van der Waals surface area contributed by atoms with Crippen molar-refractivity contribution in [2.45, 2.75) is 63.8 Å². The molecule has 4 rings (SSSR count). The molecule has 2 saturated carbocycles. The monoisotopic (exact) mass is 405 g/mol. The maximum atomic E-state index is 13.0. The van der Waals surface area contributed by atoms with Gasteiger partial charge in [0.1, 0.15) is 17.9 Å². The van der Waals surface area contributed by atoms with Crippen molar-refractivity contribution in [3.63, 3.8) is 0 Å². The molecule has 8 heteroatoms. The lowest BCUT2D eigenvalue weighted by Crippen LogP contribution is -2.44. The number of rotatable bonds is 9. The number of amides is 1. The van der Waals surface area contributed by atoms with Crippen LogP contribution < -0.4 is 10.1 Å². The molecular formula is C21H25F2N3O3. The van der Waals surface area contributed by atoms with Crippen molar-refractivity contribution in [1.82, 2.24) is 15.5 Å². The minimum Gasteiger partial charge on any atom is -0.487 e. The number of ether oxygens (including phenoxy) is 1. The van der Waals surface area contributed by atoms with E-state index in [2.05, 4.69) is 15.5 Å². The Kier molecular flexibility index (Phi) is 5.27. The maximum absolute atomic E-state index is 13.0. The molecule has 1 amide bonds. The van der Waals surface area contributed by atoms with Gasteiger partial charge in [0.2, 0.25) is 5.89 Å². The zero-order valence-corrected chi connectivity index (χ0v) is 16.6. The summed E-state index contributed by atoms with van der Waals surface area (Å²) in [5.41, 5.74) is 0.479. The zero-order chi connectivity index (χ0) is 20.6. The summed E-state index contributed by atoms with van der Waals surface area (Å²) in [4.78, 5) is 17.4. The van der Waals surface area contributed by atoms with Crippen molar-refractivity contribution in [3.05, 3.63) is 41.0 Å². The molecule has 2 aromatic rings. The number of aryl methyl sites for hydroxylation is 1. The Hall–Kier alpha value is -2.51. The van der Waals surface area contributed by atoms with Gasteiger partial charge in [0.15, 0.2) is 5.82 Å². The van der Waals surface area contributed by atoms with E-state index >= 15 is 0 Å². The molecule has 2 fully saturated rings. The molecule has 6 nitrogen and oxygen atoms in total. The number of aromatic nitrogens is 2. The molecule has 2 aliphatic rings. The molecule has 1 atom stereocenters. The summed E-state index contributed by atoms with van der Waals surface area (Å²) >= 11 is 0. The highest BCUT2D eigenvalue weighted by Crippen LogP contribution is 2.45. The van der Waals surface area contributed by atoms with Crippen molar-refractivity contribution in [2.75, 3.05) is 6.61 Å². The fraction of sp³-hybridized carbons (Fsp3) is 0.571. The molecule has 1 heterocycles. The number of alkyl halides is 2. The van der Waals surface area contributed by atoms with E-state index in [1.54, 1.807) is 19.1 Å². The van der Waals surface area contributed by atoms with Gasteiger partial charge in [-0.1, -0.05) is 24.1 Å². The summed E-state index contributed by atoms with van der Waals surface area (Å²) in [6, 6.07) is 5.09. The standard InChI is InChI=1S/C21H25F2N3O3/c1-12-24-20(26-29-12)21(2,10-13-3-4-13)25-19(27)15-7-8-16(14-5-6-14)17(9-15)28-11-18(22)23/h7-9,13-14,18H,3-6,10-11H2,1-2H3,(H,25,27)/t21-/m0/s1. The van der Waals surface area contributed by atoms with Crippen LogP contribution in [0.5, 0.6) is 5.75 Å². The summed E-state index contributed by atoms with van der Waals surface area (Å²) in [7, 11) is 0. The van der Waals surface area contributed by atoms with E-state index in [9.17, 15) is 13.6 Å². The Morgan fingerprint density at radius 2 is 2.10 bits per heavy atom. The summed E-state index contributed by atoms with van der Waals surface area (Å²) in [6.45, 7) is 2.91. The third kappa shape index (κ3) is 4.74. The molecular weight excluding hydrogens is 380 g/mol. The van der Waals surface area contributed by atoms with Gasteiger partial charge in [0.25, 0.3) is 12.3 Å². The predicted molar refractivity (Wildman–Crippen MR) is 101 cm³/mol. The number of hydrogen-bond donors (Lipinski definition) is 1. The molecule has 0 aliphatic heterocycles. The highest BCUT2D eigenvalue weighted by molar-refractivity contribution is 5.95. The molecule has 0 bridgehead atoms. The Labute approximate surface area is 168 Å². The van der Waals surface area contributed by atoms with Gasteiger partial charge in [0.05, 0.1) is 0 Å². The molecule has 156 valence electrons. The summed E-state index contributed by atoms with van der Waals surface area (Å²) < 4.78 is 35.7. The van der Waals surface area contributed by atoms with Crippen LogP contribution in [-0.2, 0) is 5.54 Å². The van der Waals surface area contributed by atoms with Crippen LogP contribution >= 0.6 is 0 Å². The fourth-order valence-corrected chi connectivity index (χ4v) is 3.63. The molecule has 1 aromatic heterocycles. The molecule has 1 N–H and O–H groups in total. The Morgan fingerprint density at radius 3 is 2.69 bits per heavy atom. The molecule has 0 unspecified atom stereocenters. The lowest BCUT2D eigenvalue weighted by molar-refractivity contribution is 0.0812. The Balaban J connectivity index is 1.56. The van der Waals surface area contributed by atoms with Crippen LogP contribution in [0.15, 0.2) is 22.7 Å². The maximum Gasteiger partial charge on any atom is 0.272 e. The summed E-state index contributed by atoms with van der Waals surface area (Å²) in [5.74, 6) is 1.76. The largest absolute Gasteiger partial charge is 0.487 e. The highest BCUT2D eigenvalue weighted by atomic mass is 19.3. The molecule has 0 saturated heterocycles. The van der Waals surface area contributed by atoms with Crippen LogP contribution in [0.1, 0.15) is 72.6 Å². The van der Waals surface area contributed by atoms with Gasteiger partial charge in [-0.25, -0.2) is 8.78 Å². The van der Waals surface area contributed by atoms with Crippen molar-refractivity contribution in [2.24, 2.45) is 5.92 Å². The van der Waals surface area contributed by atoms with Gasteiger partial charge in [-0.05, 0) is 55.7 Å². The Bertz CT molecular complexity index is 893. The van der Waals surface area contributed by atoms with Crippen molar-refractivity contribution >= 4 is 5.91 Å². The smallest absolute Gasteiger partial charge is 0.272 e. The fourth-order valence-electron chi connectivity index (χ4n) is 3.63. The highest BCUT2D eigenvalue weighted by Gasteiger charge is 2.39. The van der Waals surface area contributed by atoms with Crippen LogP contribution in [0.3, 0.4) is 0 Å². The van der Waals surface area contributed by atoms with Crippen molar-refractivity contribution in [3.8, 4) is 5.75 Å². The molecule has 0 spiro atoms. The van der Waals surface area contributed by atoms with E-state index < -0.39 is 18.6 Å². The van der Waals surface area contributed by atoms with Gasteiger partial charge in [-0.2, -0.15) is 4.98 Å². The van der Waals surface area contributed by atoms with E-state index in [-0.39, 0.29) is 5.91 Å². The first-order valence-corrected chi connectivity index (χ1v) is 10.0. The van der Waals surface area contributed by atoms with Crippen molar-refractivity contribution < 1.29 is 22.8 Å². The van der Waals surface area contributed by atoms with Crippen LogP contribution in [0.25, 0.3) is 0 Å². The topological polar surface area (TPSA) is 77.2 Å². The van der Waals surface area contributed by atoms with Gasteiger partial charge in [-0.15, -0.1) is 0 Å². The van der Waals surface area contributed by atoms with Crippen LogP contribution in [0.2, 0.25) is 0 Å². The number of carbonyl (C=O) groups excluding carboxylic acids is 1. The van der Waals surface area contributed by atoms with E-state index in [1.165, 1.54) is 0 Å². The molecule has 1 aromatic carbocycles. The minimum absolute atomic E-state index is 0.320. The third-order valence-electron chi connectivity index (χ3n) is 5.46. The second-order valence-corrected chi connectivity index (χ2v) is 8.30. The first-order valence-electron chi connectivity index (χ1n) is 10.0. The lowest BCUT2D eigenvalue weighted by Gasteiger charge is -2.28. The molecule has 2 aliphatic carbocycles. The lowest BCUT2D eigenvalue weighted by atomic mass is 9.93. The quantitative estimate of drug-likeness (QED) is 0.671. The van der Waals surface area contributed by atoms with Gasteiger partial charge in [0, 0.05) is 12.5 Å². The summed E-state index contributed by atoms with van der Waals surface area (Å²) in [6.07, 6.45) is 2.39. The minimum atomic E-state index is -2.57. The van der Waals surface area contributed by atoms with Gasteiger partial charge in [-0.3, -0.25) is 4.79 Å². The number of carbonyl (C=O) groups is 1. The van der Waals surface area contributed by atoms with Crippen molar-refractivity contribution in [1.29, 1.82) is 0 Å². The first-order chi connectivity index (χ1) is 13.8. The SMILES string of the molecule is Cc1nc([C@](C)(CC2CC2)NC(=O)c2ccc(C3CC3)c(OCC(F)F)c2)no1. The Morgan fingerprint density at radius 1 is 1.34 bits per heavy atom. The predicted octanol–water partition coefficient (Wildman–Crippen LogP) is 4.34. The van der Waals surface area contributed by atoms with Gasteiger partial charge >= 0.3 is 0 Å². The second-order valence-electron chi connectivity index (χ2n) is 8.30.